The average Bonchev–Trinajstić information content (AvgIpc) is 2.65. The summed E-state index contributed by atoms with van der Waals surface area (Å²) in [5.41, 5.74) is 2.96. The summed E-state index contributed by atoms with van der Waals surface area (Å²) in [6.07, 6.45) is 0. The molecule has 1 amide bonds. The minimum absolute atomic E-state index is 0.00999. The van der Waals surface area contributed by atoms with Gasteiger partial charge in [0.1, 0.15) is 11.3 Å². The maximum Gasteiger partial charge on any atom is 0.257 e. The molecule has 2 aromatic carbocycles. The van der Waals surface area contributed by atoms with Gasteiger partial charge in [-0.2, -0.15) is 0 Å². The number of carbonyl (C=O) groups excluding carboxylic acids is 1. The molecule has 4 nitrogen and oxygen atoms in total. The zero-order valence-electron chi connectivity index (χ0n) is 15.0. The Bertz CT molecular complexity index is 894. The van der Waals surface area contributed by atoms with E-state index in [-0.39, 0.29) is 12.5 Å². The van der Waals surface area contributed by atoms with Crippen LogP contribution in [0, 0.1) is 13.8 Å². The Hall–Kier alpha value is -2.53. The first-order valence-corrected chi connectivity index (χ1v) is 9.56. The molecule has 1 aromatic heterocycles. The van der Waals surface area contributed by atoms with E-state index in [9.17, 15) is 4.79 Å². The van der Waals surface area contributed by atoms with Gasteiger partial charge < -0.3 is 10.1 Å². The van der Waals surface area contributed by atoms with E-state index in [1.165, 1.54) is 10.5 Å². The predicted molar refractivity (Wildman–Crippen MR) is 107 cm³/mol. The highest BCUT2D eigenvalue weighted by atomic mass is 32.2. The molecule has 0 fully saturated rings. The number of thioether (sulfide) groups is 1. The Morgan fingerprint density at radius 2 is 1.88 bits per heavy atom. The highest BCUT2D eigenvalue weighted by molar-refractivity contribution is 7.99. The molecule has 0 radical (unpaired) electrons. The number of hydrogen-bond acceptors (Lipinski definition) is 4. The predicted octanol–water partition coefficient (Wildman–Crippen LogP) is 4.14. The van der Waals surface area contributed by atoms with E-state index in [1.807, 2.05) is 37.3 Å². The molecule has 0 saturated heterocycles. The van der Waals surface area contributed by atoms with E-state index in [0.717, 1.165) is 22.3 Å². The fourth-order valence-electron chi connectivity index (χ4n) is 2.52. The number of ether oxygens (including phenoxy) is 1. The van der Waals surface area contributed by atoms with E-state index in [1.54, 1.807) is 11.8 Å². The summed E-state index contributed by atoms with van der Waals surface area (Å²) < 4.78 is 5.68. The lowest BCUT2D eigenvalue weighted by Crippen LogP contribution is -2.30. The molecule has 1 N–H and O–H groups in total. The lowest BCUT2D eigenvalue weighted by atomic mass is 10.2. The topological polar surface area (TPSA) is 51.2 Å². The monoisotopic (exact) mass is 366 g/mol. The maximum absolute atomic E-state index is 12.0. The molecular weight excluding hydrogens is 344 g/mol. The van der Waals surface area contributed by atoms with Crippen molar-refractivity contribution >= 4 is 28.6 Å². The van der Waals surface area contributed by atoms with Crippen molar-refractivity contribution in [2.45, 2.75) is 18.7 Å². The van der Waals surface area contributed by atoms with Gasteiger partial charge in [-0.1, -0.05) is 35.9 Å². The van der Waals surface area contributed by atoms with Gasteiger partial charge >= 0.3 is 0 Å². The van der Waals surface area contributed by atoms with Crippen molar-refractivity contribution in [3.63, 3.8) is 0 Å². The van der Waals surface area contributed by atoms with Crippen molar-refractivity contribution in [1.82, 2.24) is 10.3 Å². The van der Waals surface area contributed by atoms with Gasteiger partial charge in [0.2, 0.25) is 0 Å². The van der Waals surface area contributed by atoms with Crippen LogP contribution in [0.25, 0.3) is 10.9 Å². The van der Waals surface area contributed by atoms with Gasteiger partial charge in [-0.05, 0) is 38.1 Å². The van der Waals surface area contributed by atoms with E-state index in [2.05, 4.69) is 41.5 Å². The van der Waals surface area contributed by atoms with Crippen molar-refractivity contribution in [1.29, 1.82) is 0 Å². The molecule has 134 valence electrons. The molecule has 0 atom stereocenters. The summed E-state index contributed by atoms with van der Waals surface area (Å²) in [6.45, 7) is 4.60. The zero-order chi connectivity index (χ0) is 18.4. The Labute approximate surface area is 158 Å². The van der Waals surface area contributed by atoms with Crippen molar-refractivity contribution in [3.05, 3.63) is 65.9 Å². The van der Waals surface area contributed by atoms with Crippen LogP contribution >= 0.6 is 11.8 Å². The van der Waals surface area contributed by atoms with Crippen LogP contribution in [0.15, 0.2) is 59.5 Å². The van der Waals surface area contributed by atoms with E-state index in [0.29, 0.717) is 12.3 Å². The average molecular weight is 366 g/mol. The molecule has 0 saturated carbocycles. The van der Waals surface area contributed by atoms with Crippen molar-refractivity contribution in [2.75, 3.05) is 18.9 Å². The first kappa shape index (κ1) is 18.3. The van der Waals surface area contributed by atoms with Crippen LogP contribution in [0.5, 0.6) is 5.75 Å². The van der Waals surface area contributed by atoms with Crippen LogP contribution in [-0.2, 0) is 4.79 Å². The second-order valence-corrected chi connectivity index (χ2v) is 7.25. The molecule has 5 heteroatoms. The van der Waals surface area contributed by atoms with Gasteiger partial charge in [-0.3, -0.25) is 4.79 Å². The number of aryl methyl sites for hydroxylation is 2. The summed E-state index contributed by atoms with van der Waals surface area (Å²) in [7, 11) is 0. The normalized spacial score (nSPS) is 10.7. The molecule has 26 heavy (non-hydrogen) atoms. The van der Waals surface area contributed by atoms with Gasteiger partial charge in [0, 0.05) is 28.3 Å². The SMILES string of the molecule is Cc1ccc(SCCNC(=O)COc2cccc3ccc(C)nc23)cc1. The van der Waals surface area contributed by atoms with Crippen LogP contribution < -0.4 is 10.1 Å². The third-order valence-corrected chi connectivity index (χ3v) is 4.91. The molecule has 3 rings (SSSR count). The van der Waals surface area contributed by atoms with Crippen LogP contribution in [0.2, 0.25) is 0 Å². The summed E-state index contributed by atoms with van der Waals surface area (Å²) in [4.78, 5) is 17.7. The quantitative estimate of drug-likeness (QED) is 0.504. The highest BCUT2D eigenvalue weighted by Gasteiger charge is 2.07. The third kappa shape index (κ3) is 4.99. The molecule has 0 aliphatic rings. The standard InChI is InChI=1S/C21H22N2O2S/c1-15-6-10-18(11-7-15)26-13-12-22-20(24)14-25-19-5-3-4-17-9-8-16(2)23-21(17)19/h3-11H,12-14H2,1-2H3,(H,22,24). The number of hydrogen-bond donors (Lipinski definition) is 1. The van der Waals surface area contributed by atoms with Crippen LogP contribution in [0.3, 0.4) is 0 Å². The number of aromatic nitrogens is 1. The number of nitrogens with one attached hydrogen (secondary N) is 1. The third-order valence-electron chi connectivity index (χ3n) is 3.90. The molecule has 1 heterocycles. The van der Waals surface area contributed by atoms with Crippen LogP contribution in [0.1, 0.15) is 11.3 Å². The summed E-state index contributed by atoms with van der Waals surface area (Å²) in [5, 5.41) is 3.89. The Morgan fingerprint density at radius 1 is 1.08 bits per heavy atom. The molecule has 3 aromatic rings. The van der Waals surface area contributed by atoms with E-state index >= 15 is 0 Å². The summed E-state index contributed by atoms with van der Waals surface area (Å²) in [5.74, 6) is 1.33. The van der Waals surface area contributed by atoms with Crippen LogP contribution in [0.4, 0.5) is 0 Å². The van der Waals surface area contributed by atoms with Gasteiger partial charge in [0.15, 0.2) is 6.61 Å². The van der Waals surface area contributed by atoms with Gasteiger partial charge in [0.25, 0.3) is 5.91 Å². The van der Waals surface area contributed by atoms with Gasteiger partial charge in [-0.15, -0.1) is 11.8 Å². The fourth-order valence-corrected chi connectivity index (χ4v) is 3.29. The number of fused-ring (bicyclic) bond motifs is 1. The number of carbonyl (C=O) groups is 1. The molecular formula is C21H22N2O2S. The number of rotatable bonds is 7. The molecule has 0 aliphatic heterocycles. The number of benzene rings is 2. The first-order valence-electron chi connectivity index (χ1n) is 8.57. The molecule has 0 spiro atoms. The number of amides is 1. The second-order valence-electron chi connectivity index (χ2n) is 6.08. The molecule has 0 bridgehead atoms. The second kappa shape index (κ2) is 8.72. The minimum atomic E-state index is -0.126. The number of nitrogens with zero attached hydrogens (tertiary/aromatic N) is 1. The Morgan fingerprint density at radius 3 is 2.69 bits per heavy atom. The molecule has 0 unspecified atom stereocenters. The summed E-state index contributed by atoms with van der Waals surface area (Å²) in [6, 6.07) is 18.1. The number of para-hydroxylation sites is 1. The zero-order valence-corrected chi connectivity index (χ0v) is 15.8. The largest absolute Gasteiger partial charge is 0.481 e. The van der Waals surface area contributed by atoms with Crippen LogP contribution in [-0.4, -0.2) is 29.8 Å². The van der Waals surface area contributed by atoms with Crippen molar-refractivity contribution < 1.29 is 9.53 Å². The van der Waals surface area contributed by atoms with E-state index < -0.39 is 0 Å². The Kier molecular flexibility index (Phi) is 6.12. The van der Waals surface area contributed by atoms with Gasteiger partial charge in [-0.25, -0.2) is 4.98 Å². The van der Waals surface area contributed by atoms with Crippen molar-refractivity contribution in [2.24, 2.45) is 0 Å². The lowest BCUT2D eigenvalue weighted by molar-refractivity contribution is -0.122. The number of pyridine rings is 1. The Balaban J connectivity index is 1.45. The lowest BCUT2D eigenvalue weighted by Gasteiger charge is -2.10. The first-order chi connectivity index (χ1) is 12.6. The van der Waals surface area contributed by atoms with Gasteiger partial charge in [0.05, 0.1) is 0 Å². The smallest absolute Gasteiger partial charge is 0.257 e. The van der Waals surface area contributed by atoms with E-state index in [4.69, 9.17) is 4.74 Å². The molecule has 0 aliphatic carbocycles. The highest BCUT2D eigenvalue weighted by Crippen LogP contribution is 2.23. The minimum Gasteiger partial charge on any atom is -0.481 e. The van der Waals surface area contributed by atoms with Crippen molar-refractivity contribution in [3.8, 4) is 5.75 Å². The maximum atomic E-state index is 12.0. The fraction of sp³-hybridized carbons (Fsp3) is 0.238. The summed E-state index contributed by atoms with van der Waals surface area (Å²) >= 11 is 1.72.